The maximum Gasteiger partial charge on any atom is 0.338 e. The summed E-state index contributed by atoms with van der Waals surface area (Å²) in [5.74, 6) is -1.24. The largest absolute Gasteiger partial charge is 0.480 e. The second-order valence-electron chi connectivity index (χ2n) is 7.40. The number of ether oxygens (including phenoxy) is 1. The van der Waals surface area contributed by atoms with Crippen LogP contribution >= 0.6 is 23.2 Å². The number of hydrogen-bond donors (Lipinski definition) is 2. The average Bonchev–Trinajstić information content (AvgIpc) is 3.21. The van der Waals surface area contributed by atoms with Gasteiger partial charge in [0.05, 0.1) is 5.56 Å². The highest BCUT2D eigenvalue weighted by atomic mass is 35.5. The van der Waals surface area contributed by atoms with Gasteiger partial charge in [-0.1, -0.05) is 47.5 Å². The molecule has 1 aromatic heterocycles. The lowest BCUT2D eigenvalue weighted by atomic mass is 10.1. The lowest BCUT2D eigenvalue weighted by Gasteiger charge is -2.08. The zero-order valence-electron chi connectivity index (χ0n) is 17.1. The van der Waals surface area contributed by atoms with Gasteiger partial charge in [0.15, 0.2) is 5.58 Å². The van der Waals surface area contributed by atoms with Gasteiger partial charge in [0, 0.05) is 15.6 Å². The Bertz CT molecular complexity index is 1310. The van der Waals surface area contributed by atoms with Crippen LogP contribution in [0.25, 0.3) is 22.6 Å². The van der Waals surface area contributed by atoms with Crippen LogP contribution in [0, 0.1) is 0 Å². The highest BCUT2D eigenvalue weighted by molar-refractivity contribution is 6.35. The molecule has 1 heterocycles. The highest BCUT2D eigenvalue weighted by Gasteiger charge is 2.15. The molecule has 4 aromatic rings. The van der Waals surface area contributed by atoms with E-state index in [-0.39, 0.29) is 13.0 Å². The number of nitrogens with two attached hydrogens (primary N) is 1. The van der Waals surface area contributed by atoms with Gasteiger partial charge in [0.2, 0.25) is 5.89 Å². The van der Waals surface area contributed by atoms with Gasteiger partial charge in [-0.2, -0.15) is 0 Å². The Kier molecular flexibility index (Phi) is 6.65. The van der Waals surface area contributed by atoms with E-state index in [1.54, 1.807) is 60.7 Å². The van der Waals surface area contributed by atoms with Crippen LogP contribution in [0.3, 0.4) is 0 Å². The SMILES string of the molecule is N[C@@H](Cc1ccc(COC(=O)c2ccc3nc(-c4cc(Cl)cc(Cl)c4)oc3c2)cc1)C(=O)O. The molecule has 0 fully saturated rings. The van der Waals surface area contributed by atoms with Crippen molar-refractivity contribution in [3.05, 3.63) is 87.4 Å². The van der Waals surface area contributed by atoms with E-state index in [0.717, 1.165) is 11.1 Å². The first-order chi connectivity index (χ1) is 15.8. The van der Waals surface area contributed by atoms with Gasteiger partial charge in [-0.05, 0) is 53.9 Å². The summed E-state index contributed by atoms with van der Waals surface area (Å²) in [6.07, 6.45) is 0.218. The molecule has 0 amide bonds. The van der Waals surface area contributed by atoms with Gasteiger partial charge in [0.25, 0.3) is 0 Å². The molecule has 0 radical (unpaired) electrons. The number of halogens is 2. The summed E-state index contributed by atoms with van der Waals surface area (Å²) >= 11 is 12.1. The number of carbonyl (C=O) groups is 2. The summed E-state index contributed by atoms with van der Waals surface area (Å²) in [4.78, 5) is 27.8. The summed E-state index contributed by atoms with van der Waals surface area (Å²) in [5.41, 5.74) is 9.04. The second kappa shape index (κ2) is 9.62. The number of fused-ring (bicyclic) bond motifs is 1. The van der Waals surface area contributed by atoms with Crippen LogP contribution in [-0.2, 0) is 22.6 Å². The molecule has 0 spiro atoms. The van der Waals surface area contributed by atoms with Crippen molar-refractivity contribution in [2.75, 3.05) is 0 Å². The van der Waals surface area contributed by atoms with E-state index in [9.17, 15) is 9.59 Å². The monoisotopic (exact) mass is 484 g/mol. The predicted molar refractivity (Wildman–Crippen MR) is 124 cm³/mol. The van der Waals surface area contributed by atoms with Crippen molar-refractivity contribution in [3.63, 3.8) is 0 Å². The van der Waals surface area contributed by atoms with Crippen molar-refractivity contribution in [2.45, 2.75) is 19.1 Å². The molecule has 0 bridgehead atoms. The first-order valence-corrected chi connectivity index (χ1v) is 10.6. The number of carboxylic acids is 1. The molecular weight excluding hydrogens is 467 g/mol. The second-order valence-corrected chi connectivity index (χ2v) is 8.27. The van der Waals surface area contributed by atoms with Crippen LogP contribution < -0.4 is 5.73 Å². The van der Waals surface area contributed by atoms with E-state index >= 15 is 0 Å². The summed E-state index contributed by atoms with van der Waals surface area (Å²) in [6.45, 7) is 0.0603. The number of nitrogens with zero attached hydrogens (tertiary/aromatic N) is 1. The Morgan fingerprint density at radius 2 is 1.67 bits per heavy atom. The van der Waals surface area contributed by atoms with Crippen LogP contribution in [0.5, 0.6) is 0 Å². The fourth-order valence-corrected chi connectivity index (χ4v) is 3.72. The minimum atomic E-state index is -1.06. The van der Waals surface area contributed by atoms with Crippen molar-refractivity contribution < 1.29 is 23.8 Å². The minimum Gasteiger partial charge on any atom is -0.480 e. The summed E-state index contributed by atoms with van der Waals surface area (Å²) in [6, 6.07) is 15.9. The minimum absolute atomic E-state index is 0.0603. The standard InChI is InChI=1S/C24H18Cl2N2O5/c25-17-8-16(9-18(26)11-17)22-28-20-6-5-15(10-21(20)33-22)24(31)32-12-14-3-1-13(2-4-14)7-19(27)23(29)30/h1-6,8-11,19H,7,12,27H2,(H,29,30)/t19-/m0/s1. The molecule has 0 aliphatic heterocycles. The molecule has 0 unspecified atom stereocenters. The summed E-state index contributed by atoms with van der Waals surface area (Å²) in [5, 5.41) is 9.82. The fourth-order valence-electron chi connectivity index (χ4n) is 3.20. The normalized spacial score (nSPS) is 12.0. The number of rotatable bonds is 7. The average molecular weight is 485 g/mol. The zero-order valence-corrected chi connectivity index (χ0v) is 18.6. The van der Waals surface area contributed by atoms with Crippen LogP contribution in [-0.4, -0.2) is 28.1 Å². The molecule has 0 aliphatic rings. The zero-order chi connectivity index (χ0) is 23.5. The molecule has 0 saturated heterocycles. The van der Waals surface area contributed by atoms with Gasteiger partial charge >= 0.3 is 11.9 Å². The molecule has 7 nitrogen and oxygen atoms in total. The van der Waals surface area contributed by atoms with E-state index in [1.807, 2.05) is 0 Å². The molecule has 33 heavy (non-hydrogen) atoms. The number of esters is 1. The molecule has 3 N–H and O–H groups in total. The lowest BCUT2D eigenvalue weighted by Crippen LogP contribution is -2.32. The Labute approximate surface area is 198 Å². The number of oxazole rings is 1. The molecule has 0 aliphatic carbocycles. The van der Waals surface area contributed by atoms with E-state index in [0.29, 0.717) is 38.2 Å². The lowest BCUT2D eigenvalue weighted by molar-refractivity contribution is -0.138. The molecule has 3 aromatic carbocycles. The van der Waals surface area contributed by atoms with Crippen molar-refractivity contribution in [2.24, 2.45) is 5.73 Å². The highest BCUT2D eigenvalue weighted by Crippen LogP contribution is 2.29. The summed E-state index contributed by atoms with van der Waals surface area (Å²) < 4.78 is 11.2. The van der Waals surface area contributed by atoms with Gasteiger partial charge < -0.3 is 20.0 Å². The molecule has 1 atom stereocenters. The Hall–Kier alpha value is -3.39. The van der Waals surface area contributed by atoms with Gasteiger partial charge in [0.1, 0.15) is 18.2 Å². The van der Waals surface area contributed by atoms with Crippen molar-refractivity contribution in [1.29, 1.82) is 0 Å². The number of aromatic nitrogens is 1. The molecule has 168 valence electrons. The molecule has 0 saturated carbocycles. The summed E-state index contributed by atoms with van der Waals surface area (Å²) in [7, 11) is 0. The maximum atomic E-state index is 12.5. The first-order valence-electron chi connectivity index (χ1n) is 9.89. The molecule has 9 heteroatoms. The van der Waals surface area contributed by atoms with Gasteiger partial charge in [-0.15, -0.1) is 0 Å². The number of carboxylic acid groups (broad SMARTS) is 1. The Balaban J connectivity index is 1.43. The van der Waals surface area contributed by atoms with Crippen LogP contribution in [0.4, 0.5) is 0 Å². The predicted octanol–water partition coefficient (Wildman–Crippen LogP) is 5.11. The number of carbonyl (C=O) groups excluding carboxylic acids is 1. The third kappa shape index (κ3) is 5.51. The molecule has 4 rings (SSSR count). The van der Waals surface area contributed by atoms with Crippen molar-refractivity contribution in [3.8, 4) is 11.5 Å². The van der Waals surface area contributed by atoms with Crippen LogP contribution in [0.2, 0.25) is 10.0 Å². The van der Waals surface area contributed by atoms with Crippen molar-refractivity contribution in [1.82, 2.24) is 4.98 Å². The number of benzene rings is 3. The van der Waals surface area contributed by atoms with Crippen LogP contribution in [0.1, 0.15) is 21.5 Å². The van der Waals surface area contributed by atoms with Gasteiger partial charge in [-0.3, -0.25) is 4.79 Å². The van der Waals surface area contributed by atoms with E-state index in [2.05, 4.69) is 4.98 Å². The van der Waals surface area contributed by atoms with Gasteiger partial charge in [-0.25, -0.2) is 9.78 Å². The number of hydrogen-bond acceptors (Lipinski definition) is 6. The maximum absolute atomic E-state index is 12.5. The smallest absolute Gasteiger partial charge is 0.338 e. The third-order valence-corrected chi connectivity index (χ3v) is 5.34. The fraction of sp³-hybridized carbons (Fsp3) is 0.125. The third-order valence-electron chi connectivity index (χ3n) is 4.90. The quantitative estimate of drug-likeness (QED) is 0.350. The topological polar surface area (TPSA) is 116 Å². The van der Waals surface area contributed by atoms with E-state index in [4.69, 9.17) is 43.2 Å². The Morgan fingerprint density at radius 3 is 2.33 bits per heavy atom. The number of aliphatic carboxylic acids is 1. The van der Waals surface area contributed by atoms with Crippen molar-refractivity contribution >= 4 is 46.2 Å². The van der Waals surface area contributed by atoms with E-state index < -0.39 is 18.0 Å². The molecular formula is C24H18Cl2N2O5. The van der Waals surface area contributed by atoms with Crippen LogP contribution in [0.15, 0.2) is 65.1 Å². The first kappa shape index (κ1) is 22.8. The Morgan fingerprint density at radius 1 is 1.00 bits per heavy atom. The van der Waals surface area contributed by atoms with E-state index in [1.165, 1.54) is 0 Å².